The Morgan fingerprint density at radius 2 is 1.81 bits per heavy atom. The lowest BCUT2D eigenvalue weighted by atomic mass is 10.2. The SMILES string of the molecule is C=CCN(CC=C)CCCCCC(=O)OC. The maximum absolute atomic E-state index is 10.9. The van der Waals surface area contributed by atoms with Gasteiger partial charge < -0.3 is 4.74 Å². The number of carbonyl (C=O) groups is 1. The van der Waals surface area contributed by atoms with Gasteiger partial charge in [-0.25, -0.2) is 0 Å². The van der Waals surface area contributed by atoms with Crippen LogP contribution in [0.4, 0.5) is 0 Å². The molecular formula is C13H23NO2. The number of unbranched alkanes of at least 4 members (excludes halogenated alkanes) is 2. The molecule has 0 fully saturated rings. The Morgan fingerprint density at radius 1 is 1.19 bits per heavy atom. The molecule has 0 amide bonds. The van der Waals surface area contributed by atoms with E-state index in [-0.39, 0.29) is 5.97 Å². The third-order valence-corrected chi connectivity index (χ3v) is 2.36. The van der Waals surface area contributed by atoms with Crippen LogP contribution in [0.5, 0.6) is 0 Å². The molecule has 0 heterocycles. The van der Waals surface area contributed by atoms with Gasteiger partial charge in [-0.1, -0.05) is 18.6 Å². The molecule has 0 aliphatic rings. The van der Waals surface area contributed by atoms with Gasteiger partial charge in [-0.3, -0.25) is 9.69 Å². The van der Waals surface area contributed by atoms with Gasteiger partial charge in [0.1, 0.15) is 0 Å². The van der Waals surface area contributed by atoms with Crippen molar-refractivity contribution in [3.05, 3.63) is 25.3 Å². The molecule has 0 aromatic rings. The Balaban J connectivity index is 3.49. The first-order valence-corrected chi connectivity index (χ1v) is 5.75. The van der Waals surface area contributed by atoms with E-state index in [1.165, 1.54) is 7.11 Å². The predicted octanol–water partition coefficient (Wildman–Crippen LogP) is 2.39. The van der Waals surface area contributed by atoms with Gasteiger partial charge in [-0.15, -0.1) is 13.2 Å². The van der Waals surface area contributed by atoms with Gasteiger partial charge in [0.25, 0.3) is 0 Å². The average Bonchev–Trinajstić information content (AvgIpc) is 2.28. The minimum absolute atomic E-state index is 0.117. The second-order valence-electron chi connectivity index (χ2n) is 3.72. The molecule has 0 radical (unpaired) electrons. The van der Waals surface area contributed by atoms with Crippen molar-refractivity contribution in [2.24, 2.45) is 0 Å². The highest BCUT2D eigenvalue weighted by atomic mass is 16.5. The van der Waals surface area contributed by atoms with E-state index < -0.39 is 0 Å². The molecule has 0 rings (SSSR count). The van der Waals surface area contributed by atoms with E-state index in [1.54, 1.807) is 0 Å². The highest BCUT2D eigenvalue weighted by Gasteiger charge is 2.02. The van der Waals surface area contributed by atoms with Gasteiger partial charge in [0.15, 0.2) is 0 Å². The second kappa shape index (κ2) is 10.4. The fourth-order valence-electron chi connectivity index (χ4n) is 1.51. The summed E-state index contributed by atoms with van der Waals surface area (Å²) in [7, 11) is 1.43. The van der Waals surface area contributed by atoms with Crippen LogP contribution in [0.25, 0.3) is 0 Å². The third kappa shape index (κ3) is 8.24. The molecule has 0 atom stereocenters. The lowest BCUT2D eigenvalue weighted by Gasteiger charge is -2.18. The van der Waals surface area contributed by atoms with Crippen LogP contribution in [-0.4, -0.2) is 37.6 Å². The van der Waals surface area contributed by atoms with E-state index in [1.807, 2.05) is 12.2 Å². The molecule has 92 valence electrons. The van der Waals surface area contributed by atoms with Crippen molar-refractivity contribution in [3.8, 4) is 0 Å². The largest absolute Gasteiger partial charge is 0.469 e. The molecule has 0 saturated heterocycles. The van der Waals surface area contributed by atoms with Crippen LogP contribution in [-0.2, 0) is 9.53 Å². The van der Waals surface area contributed by atoms with Crippen molar-refractivity contribution < 1.29 is 9.53 Å². The quantitative estimate of drug-likeness (QED) is 0.325. The van der Waals surface area contributed by atoms with Gasteiger partial charge in [0.2, 0.25) is 0 Å². The number of carbonyl (C=O) groups excluding carboxylic acids is 1. The van der Waals surface area contributed by atoms with E-state index in [0.29, 0.717) is 6.42 Å². The highest BCUT2D eigenvalue weighted by molar-refractivity contribution is 5.68. The Labute approximate surface area is 98.8 Å². The molecule has 0 aliphatic carbocycles. The first kappa shape index (κ1) is 14.9. The Bertz CT molecular complexity index is 204. The molecule has 0 spiro atoms. The van der Waals surface area contributed by atoms with Crippen molar-refractivity contribution in [1.82, 2.24) is 4.90 Å². The van der Waals surface area contributed by atoms with Crippen LogP contribution in [0.15, 0.2) is 25.3 Å². The molecule has 0 aliphatic heterocycles. The zero-order valence-corrected chi connectivity index (χ0v) is 10.3. The van der Waals surface area contributed by atoms with Gasteiger partial charge in [-0.05, 0) is 19.4 Å². The summed E-state index contributed by atoms with van der Waals surface area (Å²) in [5, 5.41) is 0. The molecule has 0 saturated carbocycles. The molecule has 16 heavy (non-hydrogen) atoms. The topological polar surface area (TPSA) is 29.5 Å². The Hall–Kier alpha value is -1.09. The summed E-state index contributed by atoms with van der Waals surface area (Å²) in [6, 6.07) is 0. The van der Waals surface area contributed by atoms with Gasteiger partial charge in [-0.2, -0.15) is 0 Å². The van der Waals surface area contributed by atoms with E-state index in [9.17, 15) is 4.79 Å². The normalized spacial score (nSPS) is 10.1. The summed E-state index contributed by atoms with van der Waals surface area (Å²) in [5.41, 5.74) is 0. The van der Waals surface area contributed by atoms with E-state index >= 15 is 0 Å². The molecular weight excluding hydrogens is 202 g/mol. The van der Waals surface area contributed by atoms with Crippen molar-refractivity contribution in [2.45, 2.75) is 25.7 Å². The number of nitrogens with zero attached hydrogens (tertiary/aromatic N) is 1. The standard InChI is InChI=1S/C13H23NO2/c1-4-10-14(11-5-2)12-8-6-7-9-13(15)16-3/h4-5H,1-2,6-12H2,3H3. The van der Waals surface area contributed by atoms with E-state index in [0.717, 1.165) is 38.9 Å². The zero-order valence-electron chi connectivity index (χ0n) is 10.3. The lowest BCUT2D eigenvalue weighted by molar-refractivity contribution is -0.140. The van der Waals surface area contributed by atoms with Crippen molar-refractivity contribution >= 4 is 5.97 Å². The maximum atomic E-state index is 10.9. The molecule has 0 bridgehead atoms. The van der Waals surface area contributed by atoms with Crippen LogP contribution >= 0.6 is 0 Å². The lowest BCUT2D eigenvalue weighted by Crippen LogP contribution is -2.25. The molecule has 3 nitrogen and oxygen atoms in total. The van der Waals surface area contributed by atoms with Crippen LogP contribution in [0.1, 0.15) is 25.7 Å². The molecule has 0 unspecified atom stereocenters. The summed E-state index contributed by atoms with van der Waals surface area (Å²) in [5.74, 6) is -0.117. The fraction of sp³-hybridized carbons (Fsp3) is 0.615. The van der Waals surface area contributed by atoms with E-state index in [4.69, 9.17) is 0 Å². The van der Waals surface area contributed by atoms with Crippen LogP contribution in [0.3, 0.4) is 0 Å². The van der Waals surface area contributed by atoms with Crippen LogP contribution < -0.4 is 0 Å². The fourth-order valence-corrected chi connectivity index (χ4v) is 1.51. The number of esters is 1. The second-order valence-corrected chi connectivity index (χ2v) is 3.72. The van der Waals surface area contributed by atoms with Crippen LogP contribution in [0, 0.1) is 0 Å². The van der Waals surface area contributed by atoms with Gasteiger partial charge in [0.05, 0.1) is 7.11 Å². The molecule has 0 aromatic carbocycles. The van der Waals surface area contributed by atoms with Crippen molar-refractivity contribution in [3.63, 3.8) is 0 Å². The van der Waals surface area contributed by atoms with Gasteiger partial charge in [0, 0.05) is 19.5 Å². The summed E-state index contributed by atoms with van der Waals surface area (Å²) in [4.78, 5) is 13.1. The van der Waals surface area contributed by atoms with E-state index in [2.05, 4.69) is 22.8 Å². The maximum Gasteiger partial charge on any atom is 0.305 e. The number of rotatable bonds is 10. The molecule has 0 N–H and O–H groups in total. The third-order valence-electron chi connectivity index (χ3n) is 2.36. The van der Waals surface area contributed by atoms with Crippen LogP contribution in [0.2, 0.25) is 0 Å². The Kier molecular flexibility index (Phi) is 9.72. The highest BCUT2D eigenvalue weighted by Crippen LogP contribution is 2.03. The minimum atomic E-state index is -0.117. The molecule has 0 aromatic heterocycles. The number of hydrogen-bond acceptors (Lipinski definition) is 3. The summed E-state index contributed by atoms with van der Waals surface area (Å²) < 4.78 is 4.58. The predicted molar refractivity (Wildman–Crippen MR) is 67.3 cm³/mol. The average molecular weight is 225 g/mol. The smallest absolute Gasteiger partial charge is 0.305 e. The molecule has 3 heteroatoms. The first-order valence-electron chi connectivity index (χ1n) is 5.75. The number of ether oxygens (including phenoxy) is 1. The summed E-state index contributed by atoms with van der Waals surface area (Å²) in [6.45, 7) is 10.3. The van der Waals surface area contributed by atoms with Gasteiger partial charge >= 0.3 is 5.97 Å². The number of methoxy groups -OCH3 is 1. The van der Waals surface area contributed by atoms with Crippen molar-refractivity contribution in [1.29, 1.82) is 0 Å². The summed E-state index contributed by atoms with van der Waals surface area (Å²) in [6.07, 6.45) is 7.39. The monoisotopic (exact) mass is 225 g/mol. The first-order chi connectivity index (χ1) is 7.74. The number of hydrogen-bond donors (Lipinski definition) is 0. The zero-order chi connectivity index (χ0) is 12.2. The Morgan fingerprint density at radius 3 is 2.31 bits per heavy atom. The minimum Gasteiger partial charge on any atom is -0.469 e. The summed E-state index contributed by atoms with van der Waals surface area (Å²) >= 11 is 0. The van der Waals surface area contributed by atoms with Crippen molar-refractivity contribution in [2.75, 3.05) is 26.7 Å².